The van der Waals surface area contributed by atoms with Crippen LogP contribution >= 0.6 is 0 Å². The van der Waals surface area contributed by atoms with E-state index >= 15 is 0 Å². The zero-order valence-corrected chi connectivity index (χ0v) is 39.8. The molecule has 0 aliphatic heterocycles. The number of aromatic nitrogens is 2. The second kappa shape index (κ2) is 18.5. The molecular weight excluding hydrogens is 937 g/mol. The van der Waals surface area contributed by atoms with Gasteiger partial charge in [0.05, 0.1) is 0 Å². The fraction of sp³-hybridized carbons (Fsp3) is 0.211. The second-order valence-corrected chi connectivity index (χ2v) is 18.1. The van der Waals surface area contributed by atoms with Crippen LogP contribution in [-0.4, -0.2) is 20.9 Å². The molecule has 1 N–H and O–H groups in total. The summed E-state index contributed by atoms with van der Waals surface area (Å²) in [7, 11) is 0. The molecule has 0 fully saturated rings. The van der Waals surface area contributed by atoms with Gasteiger partial charge in [0.1, 0.15) is 5.76 Å². The number of benzene rings is 7. The van der Waals surface area contributed by atoms with Crippen LogP contribution in [0.1, 0.15) is 63.8 Å². The van der Waals surface area contributed by atoms with Crippen molar-refractivity contribution in [2.24, 2.45) is 10.8 Å². The van der Waals surface area contributed by atoms with Crippen LogP contribution in [0.4, 0.5) is 0 Å². The topological polar surface area (TPSA) is 63.1 Å². The van der Waals surface area contributed by atoms with Crippen molar-refractivity contribution < 1.29 is 30.0 Å². The molecule has 9 aromatic rings. The molecule has 1 radical (unpaired) electrons. The van der Waals surface area contributed by atoms with E-state index < -0.39 is 5.41 Å². The Bertz CT molecular complexity index is 3090. The van der Waals surface area contributed by atoms with Gasteiger partial charge in [-0.25, -0.2) is 0 Å². The number of aliphatic hydroxyl groups is 1. The van der Waals surface area contributed by atoms with E-state index in [1.54, 1.807) is 0 Å². The fourth-order valence-corrected chi connectivity index (χ4v) is 7.72. The second-order valence-electron chi connectivity index (χ2n) is 18.1. The standard InChI is InChI=1S/C25H18N.C21H16N.C11H20O2.Ir/c1-16-13-17(2)15-19(14-16)25-24-10-9-21-20-6-4-3-5-18(20)7-8-22(21)23(24)11-12-26-25;1-14-11-15(2)13-17(12-14)21-20-8-7-16-5-3-4-6-18(16)19(20)9-10-22-21;1-10(2,3)8(12)7-9(13)11(4,5)6;/h3-14H,1-2H3;3-12H,1-2H3;7,12H,1-6H3;/q2*-1;;/b;;8-7-;. The number of rotatable bonds is 3. The molecular formula is C57H54IrN2O2-2. The van der Waals surface area contributed by atoms with Crippen molar-refractivity contribution in [2.75, 3.05) is 0 Å². The van der Waals surface area contributed by atoms with E-state index in [-0.39, 0.29) is 37.1 Å². The number of hydrogen-bond acceptors (Lipinski definition) is 4. The molecule has 0 atom stereocenters. The summed E-state index contributed by atoms with van der Waals surface area (Å²) in [4.78, 5) is 20.8. The molecule has 0 saturated carbocycles. The molecule has 0 bridgehead atoms. The molecule has 0 spiro atoms. The Balaban J connectivity index is 0.000000163. The summed E-state index contributed by atoms with van der Waals surface area (Å²) in [5.41, 5.74) is 8.15. The molecule has 0 amide bonds. The van der Waals surface area contributed by atoms with E-state index in [0.29, 0.717) is 0 Å². The molecule has 2 aromatic heterocycles. The minimum absolute atomic E-state index is 0. The molecule has 7 aromatic carbocycles. The predicted octanol–water partition coefficient (Wildman–Crippen LogP) is 15.2. The third-order valence-electron chi connectivity index (χ3n) is 10.9. The third-order valence-corrected chi connectivity index (χ3v) is 10.9. The van der Waals surface area contributed by atoms with E-state index in [2.05, 4.69) is 166 Å². The average Bonchev–Trinajstić information content (AvgIpc) is 3.22. The minimum atomic E-state index is -0.417. The van der Waals surface area contributed by atoms with Crippen molar-refractivity contribution in [3.63, 3.8) is 0 Å². The van der Waals surface area contributed by atoms with Gasteiger partial charge >= 0.3 is 0 Å². The van der Waals surface area contributed by atoms with E-state index in [0.717, 1.165) is 33.6 Å². The first-order valence-electron chi connectivity index (χ1n) is 20.9. The number of ketones is 1. The number of fused-ring (bicyclic) bond motifs is 8. The Morgan fingerprint density at radius 2 is 0.887 bits per heavy atom. The molecule has 62 heavy (non-hydrogen) atoms. The van der Waals surface area contributed by atoms with Crippen molar-refractivity contribution >= 4 is 59.6 Å². The van der Waals surface area contributed by atoms with Gasteiger partial charge in [-0.3, -0.25) is 4.79 Å². The molecule has 0 aliphatic rings. The van der Waals surface area contributed by atoms with Gasteiger partial charge in [0.2, 0.25) is 0 Å². The number of nitrogens with zero attached hydrogens (tertiary/aromatic N) is 2. The van der Waals surface area contributed by atoms with Crippen molar-refractivity contribution in [1.29, 1.82) is 0 Å². The number of hydrogen-bond donors (Lipinski definition) is 1. The Morgan fingerprint density at radius 1 is 0.500 bits per heavy atom. The van der Waals surface area contributed by atoms with Crippen LogP contribution in [0.25, 0.3) is 76.4 Å². The number of aryl methyl sites for hydroxylation is 4. The zero-order chi connectivity index (χ0) is 43.6. The van der Waals surface area contributed by atoms with Crippen LogP contribution in [-0.2, 0) is 24.9 Å². The SMILES string of the molecule is CC(C)(C)C(=O)/C=C(\O)C(C)(C)C.Cc1[c-]c(-c2nccc3c2ccc2c4ccccc4ccc32)cc(C)c1.Cc1[c-]c(-c2nccc3c2ccc2ccccc23)cc(C)c1.[Ir]. The van der Waals surface area contributed by atoms with Gasteiger partial charge in [-0.05, 0) is 77.4 Å². The Morgan fingerprint density at radius 3 is 1.34 bits per heavy atom. The summed E-state index contributed by atoms with van der Waals surface area (Å²) in [6, 6.07) is 50.0. The Kier molecular flexibility index (Phi) is 13.6. The molecule has 9 rings (SSSR count). The maximum atomic E-state index is 11.5. The first-order valence-corrected chi connectivity index (χ1v) is 20.9. The summed E-state index contributed by atoms with van der Waals surface area (Å²) in [6.07, 6.45) is 5.15. The maximum Gasteiger partial charge on any atom is 0.164 e. The number of carbonyl (C=O) groups excluding carboxylic acids is 1. The number of aliphatic hydroxyl groups excluding tert-OH is 1. The maximum absolute atomic E-state index is 11.5. The molecule has 4 nitrogen and oxygen atoms in total. The Labute approximate surface area is 380 Å². The van der Waals surface area contributed by atoms with Crippen LogP contribution in [0.2, 0.25) is 0 Å². The molecule has 0 saturated heterocycles. The number of carbonyl (C=O) groups is 1. The summed E-state index contributed by atoms with van der Waals surface area (Å²) in [6.45, 7) is 19.5. The fourth-order valence-electron chi connectivity index (χ4n) is 7.72. The van der Waals surface area contributed by atoms with Gasteiger partial charge in [0.25, 0.3) is 0 Å². The van der Waals surface area contributed by atoms with Crippen LogP contribution in [0.5, 0.6) is 0 Å². The van der Waals surface area contributed by atoms with E-state index in [4.69, 9.17) is 4.98 Å². The Hall–Kier alpha value is -6.00. The van der Waals surface area contributed by atoms with Gasteiger partial charge < -0.3 is 15.1 Å². The van der Waals surface area contributed by atoms with Gasteiger partial charge in [-0.15, -0.1) is 69.8 Å². The first kappa shape index (κ1) is 45.5. The van der Waals surface area contributed by atoms with Crippen molar-refractivity contribution in [3.05, 3.63) is 180 Å². The van der Waals surface area contributed by atoms with Crippen LogP contribution < -0.4 is 0 Å². The normalized spacial score (nSPS) is 11.8. The van der Waals surface area contributed by atoms with Crippen LogP contribution in [0.15, 0.2) is 146 Å². The van der Waals surface area contributed by atoms with Crippen molar-refractivity contribution in [2.45, 2.75) is 69.2 Å². The molecule has 315 valence electrons. The number of pyridine rings is 2. The van der Waals surface area contributed by atoms with E-state index in [1.807, 2.05) is 53.9 Å². The summed E-state index contributed by atoms with van der Waals surface area (Å²) in [5, 5.41) is 22.1. The molecule has 0 unspecified atom stereocenters. The smallest absolute Gasteiger partial charge is 0.164 e. The molecule has 5 heteroatoms. The largest absolute Gasteiger partial charge is 0.512 e. The summed E-state index contributed by atoms with van der Waals surface area (Å²) in [5.74, 6) is 0.104. The van der Waals surface area contributed by atoms with Gasteiger partial charge in [0, 0.05) is 49.4 Å². The average molecular weight is 991 g/mol. The van der Waals surface area contributed by atoms with Gasteiger partial charge in [0.15, 0.2) is 5.78 Å². The van der Waals surface area contributed by atoms with Crippen LogP contribution in [0.3, 0.4) is 0 Å². The quantitative estimate of drug-likeness (QED) is 0.0829. The molecule has 2 heterocycles. The van der Waals surface area contributed by atoms with Gasteiger partial charge in [-0.2, -0.15) is 0 Å². The zero-order valence-electron chi connectivity index (χ0n) is 37.4. The van der Waals surface area contributed by atoms with E-state index in [1.165, 1.54) is 71.1 Å². The van der Waals surface area contributed by atoms with Crippen molar-refractivity contribution in [1.82, 2.24) is 9.97 Å². The summed E-state index contributed by atoms with van der Waals surface area (Å²) >= 11 is 0. The third kappa shape index (κ3) is 10.0. The monoisotopic (exact) mass is 991 g/mol. The van der Waals surface area contributed by atoms with Gasteiger partial charge in [-0.1, -0.05) is 154 Å². The predicted molar refractivity (Wildman–Crippen MR) is 258 cm³/mol. The van der Waals surface area contributed by atoms with E-state index in [9.17, 15) is 9.90 Å². The number of allylic oxidation sites excluding steroid dienone is 2. The summed E-state index contributed by atoms with van der Waals surface area (Å²) < 4.78 is 0. The minimum Gasteiger partial charge on any atom is -0.512 e. The van der Waals surface area contributed by atoms with Crippen molar-refractivity contribution in [3.8, 4) is 22.5 Å². The van der Waals surface area contributed by atoms with Crippen LogP contribution in [0, 0.1) is 50.7 Å². The first-order chi connectivity index (χ1) is 29.0. The molecule has 0 aliphatic carbocycles.